The first kappa shape index (κ1) is 26.7. The second kappa shape index (κ2) is 12.2. The molecule has 1 amide bonds. The largest absolute Gasteiger partial charge is 0.493 e. The number of allylic oxidation sites excluding steroid dienone is 1. The zero-order valence-electron chi connectivity index (χ0n) is 20.7. The minimum absolute atomic E-state index is 0.0213. The van der Waals surface area contributed by atoms with Crippen LogP contribution < -0.4 is 20.1 Å². The summed E-state index contributed by atoms with van der Waals surface area (Å²) in [5.74, 6) is 0.240. The summed E-state index contributed by atoms with van der Waals surface area (Å²) in [6.07, 6.45) is -0.0426. The zero-order valence-corrected chi connectivity index (χ0v) is 21.5. The minimum atomic E-state index is -0.556. The molecule has 35 heavy (non-hydrogen) atoms. The molecule has 2 N–H and O–H groups in total. The number of rotatable bonds is 9. The predicted octanol–water partition coefficient (Wildman–Crippen LogP) is 1.69. The van der Waals surface area contributed by atoms with Crippen molar-refractivity contribution in [1.82, 2.24) is 15.5 Å². The van der Waals surface area contributed by atoms with Crippen LogP contribution in [0.2, 0.25) is 0 Å². The molecule has 0 radical (unpaired) electrons. The molecule has 2 aliphatic heterocycles. The quantitative estimate of drug-likeness (QED) is 0.291. The first-order chi connectivity index (χ1) is 16.7. The second-order valence-electron chi connectivity index (χ2n) is 8.45. The van der Waals surface area contributed by atoms with Gasteiger partial charge >= 0.3 is 5.97 Å². The second-order valence-corrected chi connectivity index (χ2v) is 8.86. The number of esters is 1. The van der Waals surface area contributed by atoms with Gasteiger partial charge in [-0.15, -0.1) is 0 Å². The number of morpholine rings is 1. The van der Waals surface area contributed by atoms with E-state index in [1.807, 2.05) is 13.8 Å². The SMILES string of the molecule is COCCOC(=O)C1=C(C)NC(=S)N[C@@H]1c1ccc(OCC(=O)N2C[C@H](C)O[C@@H](C)C2)c(OC)c1. The van der Waals surface area contributed by atoms with Crippen LogP contribution in [-0.4, -0.2) is 81.2 Å². The summed E-state index contributed by atoms with van der Waals surface area (Å²) in [7, 11) is 3.05. The molecule has 0 saturated carbocycles. The van der Waals surface area contributed by atoms with Gasteiger partial charge in [-0.05, 0) is 50.7 Å². The highest BCUT2D eigenvalue weighted by atomic mass is 32.1. The minimum Gasteiger partial charge on any atom is -0.493 e. The number of methoxy groups -OCH3 is 2. The molecular formula is C24H33N3O7S. The summed E-state index contributed by atoms with van der Waals surface area (Å²) in [6.45, 7) is 7.00. The first-order valence-corrected chi connectivity index (χ1v) is 11.8. The summed E-state index contributed by atoms with van der Waals surface area (Å²) in [6, 6.07) is 4.70. The molecular weight excluding hydrogens is 474 g/mol. The zero-order chi connectivity index (χ0) is 25.5. The molecule has 0 aliphatic carbocycles. The van der Waals surface area contributed by atoms with E-state index in [9.17, 15) is 9.59 Å². The summed E-state index contributed by atoms with van der Waals surface area (Å²) < 4.78 is 27.3. The van der Waals surface area contributed by atoms with Crippen LogP contribution in [0.15, 0.2) is 29.5 Å². The number of ether oxygens (including phenoxy) is 5. The molecule has 0 bridgehead atoms. The molecule has 0 spiro atoms. The number of carbonyl (C=O) groups excluding carboxylic acids is 2. The van der Waals surface area contributed by atoms with Gasteiger partial charge in [0.05, 0.1) is 37.5 Å². The van der Waals surface area contributed by atoms with Gasteiger partial charge in [0, 0.05) is 25.9 Å². The van der Waals surface area contributed by atoms with Crippen LogP contribution in [-0.2, 0) is 23.8 Å². The molecule has 0 aromatic heterocycles. The maximum Gasteiger partial charge on any atom is 0.338 e. The van der Waals surface area contributed by atoms with Gasteiger partial charge in [0.1, 0.15) is 6.61 Å². The van der Waals surface area contributed by atoms with E-state index in [0.717, 1.165) is 5.56 Å². The molecule has 0 unspecified atom stereocenters. The number of nitrogens with one attached hydrogen (secondary N) is 2. The van der Waals surface area contributed by atoms with E-state index in [1.54, 1.807) is 30.0 Å². The van der Waals surface area contributed by atoms with Crippen molar-refractivity contribution in [2.45, 2.75) is 39.0 Å². The summed E-state index contributed by atoms with van der Waals surface area (Å²) in [5, 5.41) is 6.48. The molecule has 1 aromatic carbocycles. The maximum atomic E-state index is 12.8. The molecule has 1 saturated heterocycles. The van der Waals surface area contributed by atoms with E-state index in [0.29, 0.717) is 47.6 Å². The van der Waals surface area contributed by atoms with Crippen LogP contribution in [0.25, 0.3) is 0 Å². The smallest absolute Gasteiger partial charge is 0.338 e. The van der Waals surface area contributed by atoms with Crippen LogP contribution in [0, 0.1) is 0 Å². The fourth-order valence-corrected chi connectivity index (χ4v) is 4.38. The van der Waals surface area contributed by atoms with Crippen molar-refractivity contribution in [2.24, 2.45) is 0 Å². The average molecular weight is 508 g/mol. The maximum absolute atomic E-state index is 12.8. The Kier molecular flexibility index (Phi) is 9.30. The third kappa shape index (κ3) is 6.83. The fraction of sp³-hybridized carbons (Fsp3) is 0.542. The monoisotopic (exact) mass is 507 g/mol. The lowest BCUT2D eigenvalue weighted by molar-refractivity contribution is -0.145. The summed E-state index contributed by atoms with van der Waals surface area (Å²) in [4.78, 5) is 27.2. The molecule has 192 valence electrons. The molecule has 2 heterocycles. The highest BCUT2D eigenvalue weighted by Gasteiger charge is 2.32. The van der Waals surface area contributed by atoms with E-state index in [2.05, 4.69) is 10.6 Å². The van der Waals surface area contributed by atoms with Gasteiger partial charge in [0.25, 0.3) is 5.91 Å². The van der Waals surface area contributed by atoms with Crippen molar-refractivity contribution in [1.29, 1.82) is 0 Å². The third-order valence-corrected chi connectivity index (χ3v) is 5.87. The van der Waals surface area contributed by atoms with E-state index in [-0.39, 0.29) is 31.3 Å². The Hall–Kier alpha value is -2.89. The molecule has 3 rings (SSSR count). The standard InChI is InChI=1S/C24H33N3O7S/c1-14-11-27(12-15(2)34-14)20(28)13-33-18-7-6-17(10-19(18)31-5)22-21(16(3)25-24(35)26-22)23(29)32-9-8-30-4/h6-7,10,14-15,22H,8-9,11-13H2,1-5H3,(H2,25,26,35)/t14-,15-,22+/m0/s1. The number of hydrogen-bond donors (Lipinski definition) is 2. The molecule has 11 heteroatoms. The Morgan fingerprint density at radius 3 is 2.51 bits per heavy atom. The van der Waals surface area contributed by atoms with Crippen LogP contribution in [0.1, 0.15) is 32.4 Å². The van der Waals surface area contributed by atoms with Gasteiger partial charge in [0.2, 0.25) is 0 Å². The summed E-state index contributed by atoms with van der Waals surface area (Å²) >= 11 is 5.31. The highest BCUT2D eigenvalue weighted by Crippen LogP contribution is 2.34. The average Bonchev–Trinajstić information content (AvgIpc) is 2.81. The Balaban J connectivity index is 1.75. The van der Waals surface area contributed by atoms with Crippen LogP contribution in [0.5, 0.6) is 11.5 Å². The van der Waals surface area contributed by atoms with Crippen molar-refractivity contribution in [3.8, 4) is 11.5 Å². The van der Waals surface area contributed by atoms with Crippen molar-refractivity contribution in [3.63, 3.8) is 0 Å². The van der Waals surface area contributed by atoms with Gasteiger partial charge in [-0.3, -0.25) is 4.79 Å². The molecule has 2 aliphatic rings. The van der Waals surface area contributed by atoms with Gasteiger partial charge in [-0.1, -0.05) is 6.07 Å². The Morgan fingerprint density at radius 2 is 1.86 bits per heavy atom. The molecule has 1 fully saturated rings. The van der Waals surface area contributed by atoms with Gasteiger partial charge in [0.15, 0.2) is 23.2 Å². The molecule has 10 nitrogen and oxygen atoms in total. The number of benzene rings is 1. The Bertz CT molecular complexity index is 974. The highest BCUT2D eigenvalue weighted by molar-refractivity contribution is 7.80. The van der Waals surface area contributed by atoms with E-state index < -0.39 is 12.0 Å². The van der Waals surface area contributed by atoms with Gasteiger partial charge in [-0.2, -0.15) is 0 Å². The van der Waals surface area contributed by atoms with E-state index >= 15 is 0 Å². The van der Waals surface area contributed by atoms with E-state index in [4.69, 9.17) is 35.9 Å². The van der Waals surface area contributed by atoms with Gasteiger partial charge in [-0.25, -0.2) is 4.79 Å². The third-order valence-electron chi connectivity index (χ3n) is 5.65. The van der Waals surface area contributed by atoms with Crippen molar-refractivity contribution in [2.75, 3.05) is 47.1 Å². The predicted molar refractivity (Wildman–Crippen MR) is 132 cm³/mol. The molecule has 3 atom stereocenters. The normalized spacial score (nSPS) is 22.3. The van der Waals surface area contributed by atoms with E-state index in [1.165, 1.54) is 14.2 Å². The van der Waals surface area contributed by atoms with Gasteiger partial charge < -0.3 is 39.2 Å². The lowest BCUT2D eigenvalue weighted by atomic mass is 9.95. The number of carbonyl (C=O) groups is 2. The first-order valence-electron chi connectivity index (χ1n) is 11.4. The van der Waals surface area contributed by atoms with Crippen LogP contribution in [0.3, 0.4) is 0 Å². The number of hydrogen-bond acceptors (Lipinski definition) is 8. The fourth-order valence-electron chi connectivity index (χ4n) is 4.11. The number of amides is 1. The Morgan fingerprint density at radius 1 is 1.14 bits per heavy atom. The number of nitrogens with zero attached hydrogens (tertiary/aromatic N) is 1. The van der Waals surface area contributed by atoms with Crippen molar-refractivity contribution >= 4 is 29.2 Å². The molecule has 1 aromatic rings. The lowest BCUT2D eigenvalue weighted by Crippen LogP contribution is -2.49. The van der Waals surface area contributed by atoms with Crippen LogP contribution >= 0.6 is 12.2 Å². The topological polar surface area (TPSA) is 108 Å². The van der Waals surface area contributed by atoms with Crippen molar-refractivity contribution < 1.29 is 33.3 Å². The Labute approximate surface area is 210 Å². The number of thiocarbonyl (C=S) groups is 1. The van der Waals surface area contributed by atoms with Crippen LogP contribution in [0.4, 0.5) is 0 Å². The summed E-state index contributed by atoms with van der Waals surface area (Å²) in [5.41, 5.74) is 1.72. The lowest BCUT2D eigenvalue weighted by Gasteiger charge is -2.35. The van der Waals surface area contributed by atoms with Crippen molar-refractivity contribution in [3.05, 3.63) is 35.0 Å².